The summed E-state index contributed by atoms with van der Waals surface area (Å²) in [5.41, 5.74) is -0.674. The molecule has 1 saturated heterocycles. The smallest absolute Gasteiger partial charge is 0.320 e. The number of rotatable bonds is 6. The van der Waals surface area contributed by atoms with Crippen LogP contribution in [-0.4, -0.2) is 81.4 Å². The summed E-state index contributed by atoms with van der Waals surface area (Å²) in [5, 5.41) is 21.3. The molecule has 3 fully saturated rings. The maximum Gasteiger partial charge on any atom is 0.320 e. The van der Waals surface area contributed by atoms with Gasteiger partial charge >= 0.3 is 6.03 Å². The van der Waals surface area contributed by atoms with Gasteiger partial charge in [-0.25, -0.2) is 4.79 Å². The Hall–Kier alpha value is -1.63. The van der Waals surface area contributed by atoms with Gasteiger partial charge in [0.25, 0.3) is 0 Å². The van der Waals surface area contributed by atoms with Crippen LogP contribution in [0.5, 0.6) is 0 Å². The van der Waals surface area contributed by atoms with Crippen molar-refractivity contribution < 1.29 is 15.0 Å². The second-order valence-electron chi connectivity index (χ2n) is 11.1. The average molecular weight is 430 g/mol. The quantitative estimate of drug-likeness (QED) is 0.729. The number of urea groups is 1. The van der Waals surface area contributed by atoms with Gasteiger partial charge in [0.15, 0.2) is 0 Å². The number of β-amino-alcohol motifs (C(OH)–C–C–N with tert-alkyl or cyclic N) is 2. The van der Waals surface area contributed by atoms with Crippen LogP contribution in [0.15, 0.2) is 30.3 Å². The number of hydrogen-bond donors (Lipinski definition) is 2. The minimum absolute atomic E-state index is 0.0282. The highest BCUT2D eigenvalue weighted by molar-refractivity contribution is 5.78. The second-order valence-corrected chi connectivity index (χ2v) is 11.1. The minimum Gasteiger partial charge on any atom is -0.389 e. The standard InChI is InChI=1S/C25H39N3O3/c1-22(2,30)17-27-18-23(28(21(27)29)19-24(31)11-8-12-24)13-15-25(16-14-23,26(3)4)20-9-6-5-7-10-20/h5-7,9-10,30-31H,8,11-19H2,1-4H3/t23-,25-. The van der Waals surface area contributed by atoms with Crippen molar-refractivity contribution in [3.8, 4) is 0 Å². The Labute approximate surface area is 186 Å². The number of benzene rings is 1. The molecule has 0 unspecified atom stereocenters. The molecule has 172 valence electrons. The third kappa shape index (κ3) is 4.10. The van der Waals surface area contributed by atoms with Crippen molar-refractivity contribution in [2.75, 3.05) is 33.7 Å². The van der Waals surface area contributed by atoms with E-state index in [1.54, 1.807) is 13.8 Å². The number of aliphatic hydroxyl groups is 2. The number of hydrogen-bond acceptors (Lipinski definition) is 4. The minimum atomic E-state index is -0.938. The molecular weight excluding hydrogens is 390 g/mol. The van der Waals surface area contributed by atoms with E-state index in [4.69, 9.17) is 0 Å². The second kappa shape index (κ2) is 7.75. The zero-order chi connectivity index (χ0) is 22.5. The van der Waals surface area contributed by atoms with Crippen molar-refractivity contribution in [2.24, 2.45) is 0 Å². The highest BCUT2D eigenvalue weighted by Crippen LogP contribution is 2.50. The fourth-order valence-corrected chi connectivity index (χ4v) is 6.04. The molecule has 1 heterocycles. The van der Waals surface area contributed by atoms with Crippen LogP contribution in [0.3, 0.4) is 0 Å². The molecule has 0 bridgehead atoms. The normalized spacial score (nSPS) is 30.9. The lowest BCUT2D eigenvalue weighted by atomic mass is 9.67. The summed E-state index contributed by atoms with van der Waals surface area (Å²) in [6, 6.07) is 10.7. The van der Waals surface area contributed by atoms with Crippen LogP contribution in [0.4, 0.5) is 4.79 Å². The summed E-state index contributed by atoms with van der Waals surface area (Å²) in [6.45, 7) is 4.86. The van der Waals surface area contributed by atoms with Crippen molar-refractivity contribution in [3.63, 3.8) is 0 Å². The molecule has 1 aromatic rings. The zero-order valence-electron chi connectivity index (χ0n) is 19.6. The van der Waals surface area contributed by atoms with Crippen molar-refractivity contribution in [1.29, 1.82) is 0 Å². The third-order valence-corrected chi connectivity index (χ3v) is 8.05. The predicted octanol–water partition coefficient (Wildman–Crippen LogP) is 3.18. The molecule has 1 spiro atoms. The summed E-state index contributed by atoms with van der Waals surface area (Å²) in [4.78, 5) is 19.6. The van der Waals surface area contributed by atoms with Crippen LogP contribution in [0.2, 0.25) is 0 Å². The monoisotopic (exact) mass is 429 g/mol. The number of carbonyl (C=O) groups excluding carboxylic acids is 1. The largest absolute Gasteiger partial charge is 0.389 e. The molecule has 31 heavy (non-hydrogen) atoms. The van der Waals surface area contributed by atoms with E-state index in [-0.39, 0.29) is 17.1 Å². The first-order chi connectivity index (χ1) is 14.5. The van der Waals surface area contributed by atoms with Crippen molar-refractivity contribution in [2.45, 2.75) is 81.1 Å². The van der Waals surface area contributed by atoms with Crippen LogP contribution in [-0.2, 0) is 5.54 Å². The Morgan fingerprint density at radius 3 is 2.13 bits per heavy atom. The van der Waals surface area contributed by atoms with Crippen LogP contribution < -0.4 is 0 Å². The van der Waals surface area contributed by atoms with E-state index in [0.29, 0.717) is 19.6 Å². The molecule has 6 nitrogen and oxygen atoms in total. The van der Waals surface area contributed by atoms with Crippen molar-refractivity contribution in [1.82, 2.24) is 14.7 Å². The lowest BCUT2D eigenvalue weighted by Gasteiger charge is -2.52. The van der Waals surface area contributed by atoms with E-state index < -0.39 is 11.2 Å². The molecular formula is C25H39N3O3. The predicted molar refractivity (Wildman–Crippen MR) is 122 cm³/mol. The Morgan fingerprint density at radius 2 is 1.65 bits per heavy atom. The van der Waals surface area contributed by atoms with Gasteiger partial charge in [0.1, 0.15) is 0 Å². The SMILES string of the molecule is CN(C)[C@]1(c2ccccc2)CC[C@@]2(CC1)CN(CC(C)(C)O)C(=O)N2CC1(O)CCC1. The molecule has 0 atom stereocenters. The van der Waals surface area contributed by atoms with Crippen LogP contribution in [0.25, 0.3) is 0 Å². The third-order valence-electron chi connectivity index (χ3n) is 8.05. The zero-order valence-corrected chi connectivity index (χ0v) is 19.6. The topological polar surface area (TPSA) is 67.2 Å². The van der Waals surface area contributed by atoms with Gasteiger partial charge in [0.05, 0.1) is 29.8 Å². The fourth-order valence-electron chi connectivity index (χ4n) is 6.04. The van der Waals surface area contributed by atoms with Crippen LogP contribution in [0, 0.1) is 0 Å². The molecule has 6 heteroatoms. The van der Waals surface area contributed by atoms with Gasteiger partial charge in [0, 0.05) is 12.1 Å². The van der Waals surface area contributed by atoms with E-state index >= 15 is 0 Å². The maximum absolute atomic E-state index is 13.5. The summed E-state index contributed by atoms with van der Waals surface area (Å²) >= 11 is 0. The van der Waals surface area contributed by atoms with Gasteiger partial charge in [-0.3, -0.25) is 4.90 Å². The molecule has 3 aliphatic rings. The Balaban J connectivity index is 1.61. The van der Waals surface area contributed by atoms with E-state index in [1.807, 2.05) is 9.80 Å². The molecule has 2 aliphatic carbocycles. The molecule has 2 amide bonds. The first-order valence-corrected chi connectivity index (χ1v) is 11.7. The van der Waals surface area contributed by atoms with Gasteiger partial charge in [-0.1, -0.05) is 30.3 Å². The van der Waals surface area contributed by atoms with E-state index in [0.717, 1.165) is 44.9 Å². The van der Waals surface area contributed by atoms with Gasteiger partial charge in [-0.15, -0.1) is 0 Å². The first-order valence-electron chi connectivity index (χ1n) is 11.7. The molecule has 1 aromatic carbocycles. The van der Waals surface area contributed by atoms with Crippen molar-refractivity contribution >= 4 is 6.03 Å². The molecule has 4 rings (SSSR count). The Kier molecular flexibility index (Phi) is 5.64. The highest BCUT2D eigenvalue weighted by atomic mass is 16.3. The van der Waals surface area contributed by atoms with Gasteiger partial charge in [0.2, 0.25) is 0 Å². The van der Waals surface area contributed by atoms with Crippen LogP contribution >= 0.6 is 0 Å². The molecule has 1 aliphatic heterocycles. The Morgan fingerprint density at radius 1 is 1.03 bits per heavy atom. The first kappa shape index (κ1) is 22.6. The highest BCUT2D eigenvalue weighted by Gasteiger charge is 2.56. The molecule has 2 saturated carbocycles. The number of amides is 2. The van der Waals surface area contributed by atoms with E-state index in [2.05, 4.69) is 49.3 Å². The summed E-state index contributed by atoms with van der Waals surface area (Å²) in [5.74, 6) is 0. The Bertz CT molecular complexity index is 790. The fraction of sp³-hybridized carbons (Fsp3) is 0.720. The molecule has 0 aromatic heterocycles. The maximum atomic E-state index is 13.5. The van der Waals surface area contributed by atoms with E-state index in [9.17, 15) is 15.0 Å². The molecule has 0 radical (unpaired) electrons. The summed E-state index contributed by atoms with van der Waals surface area (Å²) < 4.78 is 0. The number of carbonyl (C=O) groups is 1. The van der Waals surface area contributed by atoms with Gasteiger partial charge < -0.3 is 20.0 Å². The average Bonchev–Trinajstić information content (AvgIpc) is 2.92. The number of nitrogens with zero attached hydrogens (tertiary/aromatic N) is 3. The van der Waals surface area contributed by atoms with Crippen molar-refractivity contribution in [3.05, 3.63) is 35.9 Å². The van der Waals surface area contributed by atoms with Crippen LogP contribution in [0.1, 0.15) is 64.4 Å². The summed E-state index contributed by atoms with van der Waals surface area (Å²) in [6.07, 6.45) is 6.27. The summed E-state index contributed by atoms with van der Waals surface area (Å²) in [7, 11) is 4.31. The van der Waals surface area contributed by atoms with E-state index in [1.165, 1.54) is 5.56 Å². The molecule has 2 N–H and O–H groups in total. The lowest BCUT2D eigenvalue weighted by molar-refractivity contribution is -0.0725. The van der Waals surface area contributed by atoms with Gasteiger partial charge in [-0.05, 0) is 78.5 Å². The lowest BCUT2D eigenvalue weighted by Crippen LogP contribution is -2.59. The van der Waals surface area contributed by atoms with Gasteiger partial charge in [-0.2, -0.15) is 0 Å².